The monoisotopic (exact) mass is 279 g/mol. The molecule has 2 rings (SSSR count). The smallest absolute Gasteiger partial charge is 0.198 e. The Bertz CT molecular complexity index is 606. The average molecular weight is 279 g/mol. The summed E-state index contributed by atoms with van der Waals surface area (Å²) in [4.78, 5) is 0. The summed E-state index contributed by atoms with van der Waals surface area (Å²) < 4.78 is 38.1. The zero-order valence-corrected chi connectivity index (χ0v) is 11.2. The molecule has 106 valence electrons. The third-order valence-electron chi connectivity index (χ3n) is 2.82. The van der Waals surface area contributed by atoms with Crippen LogP contribution in [0.5, 0.6) is 17.2 Å². The number of rotatable bonds is 4. The number of ether oxygens (including phenoxy) is 2. The average Bonchev–Trinajstić information content (AvgIpc) is 2.43. The molecule has 0 aliphatic heterocycles. The van der Waals surface area contributed by atoms with E-state index in [1.165, 1.54) is 7.11 Å². The first-order valence-electron chi connectivity index (χ1n) is 6.05. The SMILES string of the molecule is COc1cc(C)ccc1Oc1c(F)cc(CN)cc1F. The molecule has 0 aliphatic carbocycles. The van der Waals surface area contributed by atoms with Crippen molar-refractivity contribution in [1.29, 1.82) is 0 Å². The fourth-order valence-electron chi connectivity index (χ4n) is 1.80. The first-order chi connectivity index (χ1) is 9.55. The van der Waals surface area contributed by atoms with Crippen LogP contribution in [-0.2, 0) is 6.54 Å². The summed E-state index contributed by atoms with van der Waals surface area (Å²) in [6.07, 6.45) is 0. The number of hydrogen-bond donors (Lipinski definition) is 1. The van der Waals surface area contributed by atoms with Gasteiger partial charge < -0.3 is 15.2 Å². The maximum atomic E-state index is 13.8. The molecule has 0 heterocycles. The second-order valence-corrected chi connectivity index (χ2v) is 4.35. The lowest BCUT2D eigenvalue weighted by atomic mass is 10.2. The molecule has 0 aliphatic rings. The van der Waals surface area contributed by atoms with Crippen LogP contribution in [-0.4, -0.2) is 7.11 Å². The molecule has 0 saturated carbocycles. The molecule has 0 unspecified atom stereocenters. The van der Waals surface area contributed by atoms with Crippen molar-refractivity contribution in [2.24, 2.45) is 5.73 Å². The van der Waals surface area contributed by atoms with E-state index >= 15 is 0 Å². The minimum absolute atomic E-state index is 0.0575. The Morgan fingerprint density at radius 1 is 1.05 bits per heavy atom. The van der Waals surface area contributed by atoms with Crippen molar-refractivity contribution < 1.29 is 18.3 Å². The van der Waals surface area contributed by atoms with Crippen LogP contribution in [0.3, 0.4) is 0 Å². The van der Waals surface area contributed by atoms with Crippen molar-refractivity contribution in [3.63, 3.8) is 0 Å². The van der Waals surface area contributed by atoms with Crippen molar-refractivity contribution in [3.05, 3.63) is 53.1 Å². The largest absolute Gasteiger partial charge is 0.493 e. The van der Waals surface area contributed by atoms with Crippen LogP contribution in [0, 0.1) is 18.6 Å². The second-order valence-electron chi connectivity index (χ2n) is 4.35. The molecule has 0 atom stereocenters. The predicted octanol–water partition coefficient (Wildman–Crippen LogP) is 3.53. The van der Waals surface area contributed by atoms with Gasteiger partial charge in [-0.1, -0.05) is 6.07 Å². The number of nitrogens with two attached hydrogens (primary N) is 1. The van der Waals surface area contributed by atoms with E-state index in [9.17, 15) is 8.78 Å². The lowest BCUT2D eigenvalue weighted by molar-refractivity contribution is 0.359. The molecule has 2 aromatic rings. The van der Waals surface area contributed by atoms with Gasteiger partial charge in [0.15, 0.2) is 28.9 Å². The Morgan fingerprint density at radius 3 is 2.25 bits per heavy atom. The van der Waals surface area contributed by atoms with Gasteiger partial charge in [-0.2, -0.15) is 0 Å². The highest BCUT2D eigenvalue weighted by atomic mass is 19.1. The summed E-state index contributed by atoms with van der Waals surface area (Å²) in [6.45, 7) is 1.94. The minimum atomic E-state index is -0.798. The van der Waals surface area contributed by atoms with E-state index in [1.807, 2.05) is 6.92 Å². The van der Waals surface area contributed by atoms with Gasteiger partial charge in [0.1, 0.15) is 0 Å². The van der Waals surface area contributed by atoms with Gasteiger partial charge in [-0.25, -0.2) is 8.78 Å². The molecule has 0 amide bonds. The molecule has 2 aromatic carbocycles. The standard InChI is InChI=1S/C15H15F2NO2/c1-9-3-4-13(14(5-9)19-2)20-15-11(16)6-10(8-18)7-12(15)17/h3-7H,8,18H2,1-2H3. The van der Waals surface area contributed by atoms with Gasteiger partial charge in [-0.05, 0) is 42.3 Å². The van der Waals surface area contributed by atoms with E-state index in [2.05, 4.69) is 0 Å². The van der Waals surface area contributed by atoms with Gasteiger partial charge >= 0.3 is 0 Å². The highest BCUT2D eigenvalue weighted by Crippen LogP contribution is 2.35. The summed E-state index contributed by atoms with van der Waals surface area (Å²) in [5.41, 5.74) is 6.67. The number of halogens is 2. The lowest BCUT2D eigenvalue weighted by Gasteiger charge is -2.12. The van der Waals surface area contributed by atoms with Crippen LogP contribution >= 0.6 is 0 Å². The van der Waals surface area contributed by atoms with Crippen molar-refractivity contribution in [3.8, 4) is 17.2 Å². The summed E-state index contributed by atoms with van der Waals surface area (Å²) in [6, 6.07) is 7.39. The molecule has 3 nitrogen and oxygen atoms in total. The third kappa shape index (κ3) is 2.88. The molecular weight excluding hydrogens is 264 g/mol. The zero-order chi connectivity index (χ0) is 14.7. The van der Waals surface area contributed by atoms with Crippen molar-refractivity contribution in [2.45, 2.75) is 13.5 Å². The van der Waals surface area contributed by atoms with Gasteiger partial charge in [0, 0.05) is 6.54 Å². The van der Waals surface area contributed by atoms with Gasteiger partial charge in [0.2, 0.25) is 0 Å². The molecule has 0 spiro atoms. The van der Waals surface area contributed by atoms with E-state index in [0.717, 1.165) is 17.7 Å². The molecule has 0 aromatic heterocycles. The van der Waals surface area contributed by atoms with Crippen molar-refractivity contribution in [2.75, 3.05) is 7.11 Å². The fraction of sp³-hybridized carbons (Fsp3) is 0.200. The van der Waals surface area contributed by atoms with Gasteiger partial charge in [-0.3, -0.25) is 0 Å². The predicted molar refractivity (Wildman–Crippen MR) is 72.1 cm³/mol. The van der Waals surface area contributed by atoms with Crippen LogP contribution in [0.4, 0.5) is 8.78 Å². The maximum Gasteiger partial charge on any atom is 0.198 e. The summed E-state index contributed by atoms with van der Waals surface area (Å²) in [5.74, 6) is -1.41. The highest BCUT2D eigenvalue weighted by Gasteiger charge is 2.15. The first kappa shape index (κ1) is 14.3. The number of hydrogen-bond acceptors (Lipinski definition) is 3. The quantitative estimate of drug-likeness (QED) is 0.931. The number of benzene rings is 2. The Hall–Kier alpha value is -2.14. The molecule has 0 radical (unpaired) electrons. The van der Waals surface area contributed by atoms with E-state index < -0.39 is 17.4 Å². The normalized spacial score (nSPS) is 10.4. The Balaban J connectivity index is 2.40. The van der Waals surface area contributed by atoms with Crippen LogP contribution in [0.15, 0.2) is 30.3 Å². The third-order valence-corrected chi connectivity index (χ3v) is 2.82. The Labute approximate surface area is 115 Å². The van der Waals surface area contributed by atoms with Gasteiger partial charge in [0.25, 0.3) is 0 Å². The molecular formula is C15H15F2NO2. The molecule has 0 bridgehead atoms. The molecule has 0 saturated heterocycles. The minimum Gasteiger partial charge on any atom is -0.493 e. The van der Waals surface area contributed by atoms with E-state index in [1.54, 1.807) is 18.2 Å². The number of aryl methyl sites for hydroxylation is 1. The fourth-order valence-corrected chi connectivity index (χ4v) is 1.80. The van der Waals surface area contributed by atoms with E-state index in [0.29, 0.717) is 11.3 Å². The highest BCUT2D eigenvalue weighted by molar-refractivity contribution is 5.46. The summed E-state index contributed by atoms with van der Waals surface area (Å²) in [5, 5.41) is 0. The van der Waals surface area contributed by atoms with E-state index in [-0.39, 0.29) is 12.3 Å². The Morgan fingerprint density at radius 2 is 1.70 bits per heavy atom. The molecule has 5 heteroatoms. The van der Waals surface area contributed by atoms with Crippen LogP contribution in [0.25, 0.3) is 0 Å². The van der Waals surface area contributed by atoms with Crippen LogP contribution in [0.1, 0.15) is 11.1 Å². The molecule has 2 N–H and O–H groups in total. The summed E-state index contributed by atoms with van der Waals surface area (Å²) in [7, 11) is 1.46. The first-order valence-corrected chi connectivity index (χ1v) is 6.05. The van der Waals surface area contributed by atoms with Crippen LogP contribution < -0.4 is 15.2 Å². The molecule has 0 fully saturated rings. The topological polar surface area (TPSA) is 44.5 Å². The number of methoxy groups -OCH3 is 1. The molecule has 20 heavy (non-hydrogen) atoms. The second kappa shape index (κ2) is 5.88. The lowest BCUT2D eigenvalue weighted by Crippen LogP contribution is -2.01. The van der Waals surface area contributed by atoms with Gasteiger partial charge in [0.05, 0.1) is 7.11 Å². The zero-order valence-electron chi connectivity index (χ0n) is 11.2. The Kier molecular flexibility index (Phi) is 4.20. The van der Waals surface area contributed by atoms with Gasteiger partial charge in [-0.15, -0.1) is 0 Å². The van der Waals surface area contributed by atoms with Crippen LogP contribution in [0.2, 0.25) is 0 Å². The van der Waals surface area contributed by atoms with Crippen molar-refractivity contribution >= 4 is 0 Å². The summed E-state index contributed by atoms with van der Waals surface area (Å²) >= 11 is 0. The van der Waals surface area contributed by atoms with E-state index in [4.69, 9.17) is 15.2 Å². The maximum absolute atomic E-state index is 13.8. The van der Waals surface area contributed by atoms with Crippen molar-refractivity contribution in [1.82, 2.24) is 0 Å².